The van der Waals surface area contributed by atoms with E-state index in [9.17, 15) is 23.7 Å². The molecule has 2 rings (SSSR count). The van der Waals surface area contributed by atoms with Gasteiger partial charge in [0.2, 0.25) is 5.82 Å². The minimum Gasteiger partial charge on any atom is -0.342 e. The molecule has 0 aliphatic heterocycles. The van der Waals surface area contributed by atoms with Gasteiger partial charge in [-0.25, -0.2) is 4.39 Å². The van der Waals surface area contributed by atoms with Gasteiger partial charge in [0.1, 0.15) is 11.4 Å². The van der Waals surface area contributed by atoms with E-state index in [1.54, 1.807) is 0 Å². The van der Waals surface area contributed by atoms with E-state index < -0.39 is 39.8 Å². The lowest BCUT2D eigenvalue weighted by molar-refractivity contribution is -0.387. The predicted molar refractivity (Wildman–Crippen MR) is 63.1 cm³/mol. The SMILES string of the molecule is CC(NC(=O)c1c(F)ccc([N+](=O)[O-])c1F)c1nn[nH]n1. The van der Waals surface area contributed by atoms with Gasteiger partial charge in [-0.3, -0.25) is 14.9 Å². The Bertz CT molecular complexity index is 690. The summed E-state index contributed by atoms with van der Waals surface area (Å²) >= 11 is 0. The molecule has 0 radical (unpaired) electrons. The first-order chi connectivity index (χ1) is 9.91. The summed E-state index contributed by atoms with van der Waals surface area (Å²) in [4.78, 5) is 21.4. The van der Waals surface area contributed by atoms with E-state index in [1.165, 1.54) is 6.92 Å². The molecular weight excluding hydrogens is 290 g/mol. The fourth-order valence-corrected chi connectivity index (χ4v) is 1.58. The van der Waals surface area contributed by atoms with E-state index in [0.717, 1.165) is 0 Å². The van der Waals surface area contributed by atoms with E-state index in [-0.39, 0.29) is 5.82 Å². The largest absolute Gasteiger partial charge is 0.342 e. The van der Waals surface area contributed by atoms with Crippen LogP contribution in [0.5, 0.6) is 0 Å². The van der Waals surface area contributed by atoms with Crippen LogP contribution in [0.15, 0.2) is 12.1 Å². The maximum atomic E-state index is 13.8. The van der Waals surface area contributed by atoms with Gasteiger partial charge in [-0.05, 0) is 13.0 Å². The summed E-state index contributed by atoms with van der Waals surface area (Å²) in [5, 5.41) is 25.4. The number of nitro groups is 1. The quantitative estimate of drug-likeness (QED) is 0.637. The maximum Gasteiger partial charge on any atom is 0.305 e. The summed E-state index contributed by atoms with van der Waals surface area (Å²) in [6.45, 7) is 1.45. The Morgan fingerprint density at radius 2 is 2.19 bits per heavy atom. The third kappa shape index (κ3) is 2.80. The molecule has 1 atom stereocenters. The standard InChI is InChI=1S/C10H8F2N6O3/c1-4(9-14-16-17-15-9)13-10(19)7-5(11)2-3-6(8(7)12)18(20)21/h2-4H,1H3,(H,13,19)(H,14,15,16,17). The van der Waals surface area contributed by atoms with E-state index >= 15 is 0 Å². The highest BCUT2D eigenvalue weighted by atomic mass is 19.1. The molecule has 110 valence electrons. The zero-order chi connectivity index (χ0) is 15.6. The van der Waals surface area contributed by atoms with Crippen molar-refractivity contribution in [3.63, 3.8) is 0 Å². The molecular formula is C10H8F2N6O3. The van der Waals surface area contributed by atoms with Crippen LogP contribution in [0, 0.1) is 21.7 Å². The average molecular weight is 298 g/mol. The lowest BCUT2D eigenvalue weighted by Gasteiger charge is -2.11. The second-order valence-corrected chi connectivity index (χ2v) is 3.98. The number of nitro benzene ring substituents is 1. The second-order valence-electron chi connectivity index (χ2n) is 3.98. The number of aromatic amines is 1. The van der Waals surface area contributed by atoms with Crippen molar-refractivity contribution in [1.82, 2.24) is 25.9 Å². The molecule has 2 aromatic rings. The fraction of sp³-hybridized carbons (Fsp3) is 0.200. The fourth-order valence-electron chi connectivity index (χ4n) is 1.58. The molecule has 0 spiro atoms. The summed E-state index contributed by atoms with van der Waals surface area (Å²) < 4.78 is 27.4. The van der Waals surface area contributed by atoms with Gasteiger partial charge in [0.05, 0.1) is 11.0 Å². The van der Waals surface area contributed by atoms with E-state index in [1.807, 2.05) is 0 Å². The van der Waals surface area contributed by atoms with Crippen molar-refractivity contribution in [2.45, 2.75) is 13.0 Å². The minimum absolute atomic E-state index is 0.0922. The summed E-state index contributed by atoms with van der Waals surface area (Å²) in [6, 6.07) is 0.494. The van der Waals surface area contributed by atoms with Gasteiger partial charge < -0.3 is 5.32 Å². The number of hydrogen-bond acceptors (Lipinski definition) is 6. The summed E-state index contributed by atoms with van der Waals surface area (Å²) in [7, 11) is 0. The number of hydrogen-bond donors (Lipinski definition) is 2. The van der Waals surface area contributed by atoms with Crippen molar-refractivity contribution in [3.05, 3.63) is 45.3 Å². The molecule has 2 N–H and O–H groups in total. The van der Waals surface area contributed by atoms with Gasteiger partial charge in [0, 0.05) is 6.07 Å². The van der Waals surface area contributed by atoms with Gasteiger partial charge in [-0.1, -0.05) is 5.21 Å². The molecule has 1 amide bonds. The Labute approximate surface area is 115 Å². The van der Waals surface area contributed by atoms with Crippen molar-refractivity contribution < 1.29 is 18.5 Å². The number of carbonyl (C=O) groups is 1. The number of amides is 1. The highest BCUT2D eigenvalue weighted by Crippen LogP contribution is 2.23. The summed E-state index contributed by atoms with van der Waals surface area (Å²) in [6.07, 6.45) is 0. The third-order valence-electron chi connectivity index (χ3n) is 2.59. The lowest BCUT2D eigenvalue weighted by Crippen LogP contribution is -2.29. The predicted octanol–water partition coefficient (Wildman–Crippen LogP) is 0.877. The summed E-state index contributed by atoms with van der Waals surface area (Å²) in [5.74, 6) is -3.82. The highest BCUT2D eigenvalue weighted by Gasteiger charge is 2.27. The molecule has 1 unspecified atom stereocenters. The first-order valence-electron chi connectivity index (χ1n) is 5.58. The van der Waals surface area contributed by atoms with Crippen molar-refractivity contribution in [3.8, 4) is 0 Å². The molecule has 1 aromatic carbocycles. The van der Waals surface area contributed by atoms with Crippen LogP contribution in [0.3, 0.4) is 0 Å². The number of aromatic nitrogens is 4. The van der Waals surface area contributed by atoms with Gasteiger partial charge >= 0.3 is 5.69 Å². The Hall–Kier alpha value is -2.98. The van der Waals surface area contributed by atoms with Crippen molar-refractivity contribution in [2.75, 3.05) is 0 Å². The van der Waals surface area contributed by atoms with E-state index in [0.29, 0.717) is 12.1 Å². The van der Waals surface area contributed by atoms with Crippen LogP contribution in [0.2, 0.25) is 0 Å². The van der Waals surface area contributed by atoms with Gasteiger partial charge in [0.15, 0.2) is 5.82 Å². The Morgan fingerprint density at radius 3 is 2.76 bits per heavy atom. The first-order valence-corrected chi connectivity index (χ1v) is 5.58. The summed E-state index contributed by atoms with van der Waals surface area (Å²) in [5.41, 5.74) is -2.03. The number of rotatable bonds is 4. The molecule has 0 aliphatic carbocycles. The Morgan fingerprint density at radius 1 is 1.48 bits per heavy atom. The molecule has 21 heavy (non-hydrogen) atoms. The van der Waals surface area contributed by atoms with Crippen molar-refractivity contribution in [1.29, 1.82) is 0 Å². The van der Waals surface area contributed by atoms with Crippen molar-refractivity contribution >= 4 is 11.6 Å². The second kappa shape index (κ2) is 5.56. The number of carbonyl (C=O) groups excluding carboxylic acids is 1. The molecule has 1 aromatic heterocycles. The molecule has 9 nitrogen and oxygen atoms in total. The van der Waals surface area contributed by atoms with Gasteiger partial charge in [-0.2, -0.15) is 9.60 Å². The Balaban J connectivity index is 2.31. The maximum absolute atomic E-state index is 13.8. The van der Waals surface area contributed by atoms with Crippen LogP contribution >= 0.6 is 0 Å². The molecule has 0 saturated carbocycles. The normalized spacial score (nSPS) is 12.0. The van der Waals surface area contributed by atoms with Gasteiger partial charge in [0.25, 0.3) is 5.91 Å². The van der Waals surface area contributed by atoms with Crippen LogP contribution in [-0.2, 0) is 0 Å². The molecule has 0 aliphatic rings. The number of nitrogens with one attached hydrogen (secondary N) is 2. The monoisotopic (exact) mass is 298 g/mol. The highest BCUT2D eigenvalue weighted by molar-refractivity contribution is 5.95. The van der Waals surface area contributed by atoms with E-state index in [2.05, 4.69) is 25.9 Å². The molecule has 11 heteroatoms. The number of halogens is 2. The third-order valence-corrected chi connectivity index (χ3v) is 2.59. The zero-order valence-electron chi connectivity index (χ0n) is 10.5. The van der Waals surface area contributed by atoms with Crippen LogP contribution in [0.4, 0.5) is 14.5 Å². The van der Waals surface area contributed by atoms with E-state index in [4.69, 9.17) is 0 Å². The van der Waals surface area contributed by atoms with Gasteiger partial charge in [-0.15, -0.1) is 10.2 Å². The zero-order valence-corrected chi connectivity index (χ0v) is 10.5. The number of tetrazole rings is 1. The minimum atomic E-state index is -1.54. The topological polar surface area (TPSA) is 127 Å². The van der Waals surface area contributed by atoms with Crippen LogP contribution in [0.25, 0.3) is 0 Å². The Kier molecular flexibility index (Phi) is 3.82. The molecule has 1 heterocycles. The molecule has 0 fully saturated rings. The number of nitrogens with zero attached hydrogens (tertiary/aromatic N) is 4. The van der Waals surface area contributed by atoms with Crippen LogP contribution < -0.4 is 5.32 Å². The lowest BCUT2D eigenvalue weighted by atomic mass is 10.1. The van der Waals surface area contributed by atoms with Crippen LogP contribution in [-0.4, -0.2) is 31.5 Å². The first kappa shape index (κ1) is 14.4. The molecule has 0 saturated heterocycles. The smallest absolute Gasteiger partial charge is 0.305 e. The van der Waals surface area contributed by atoms with Crippen molar-refractivity contribution in [2.24, 2.45) is 0 Å². The number of H-pyrrole nitrogens is 1. The molecule has 0 bridgehead atoms. The number of benzene rings is 1. The van der Waals surface area contributed by atoms with Crippen LogP contribution in [0.1, 0.15) is 29.1 Å². The average Bonchev–Trinajstić information content (AvgIpc) is 2.91.